The number of rotatable bonds is 8. The summed E-state index contributed by atoms with van der Waals surface area (Å²) in [7, 11) is 0. The lowest BCUT2D eigenvalue weighted by Crippen LogP contribution is -2.41. The summed E-state index contributed by atoms with van der Waals surface area (Å²) in [4.78, 5) is 12.7. The van der Waals surface area contributed by atoms with Gasteiger partial charge in [0, 0.05) is 11.1 Å². The van der Waals surface area contributed by atoms with Crippen LogP contribution in [0.2, 0.25) is 0 Å². The van der Waals surface area contributed by atoms with Crippen LogP contribution >= 0.6 is 0 Å². The van der Waals surface area contributed by atoms with E-state index in [9.17, 15) is 9.90 Å². The van der Waals surface area contributed by atoms with E-state index >= 15 is 8.78 Å². The Balaban J connectivity index is 1.64. The second-order valence-electron chi connectivity index (χ2n) is 13.4. The van der Waals surface area contributed by atoms with E-state index in [1.165, 1.54) is 0 Å². The van der Waals surface area contributed by atoms with Gasteiger partial charge in [0.2, 0.25) is 0 Å². The number of esters is 1. The minimum Gasteiger partial charge on any atom is -0.507 e. The highest BCUT2D eigenvalue weighted by molar-refractivity contribution is 5.73. The van der Waals surface area contributed by atoms with Crippen molar-refractivity contribution in [2.45, 2.75) is 136 Å². The van der Waals surface area contributed by atoms with E-state index in [2.05, 4.69) is 6.92 Å². The van der Waals surface area contributed by atoms with Gasteiger partial charge in [0.05, 0.1) is 11.8 Å². The Labute approximate surface area is 222 Å². The van der Waals surface area contributed by atoms with Crippen LogP contribution in [0.4, 0.5) is 8.78 Å². The van der Waals surface area contributed by atoms with Crippen LogP contribution in [0, 0.1) is 17.8 Å². The summed E-state index contributed by atoms with van der Waals surface area (Å²) in [5, 5.41) is 10.9. The third-order valence-corrected chi connectivity index (χ3v) is 8.28. The normalized spacial score (nSPS) is 25.6. The maximum atomic E-state index is 15.4. The molecule has 2 atom stereocenters. The Morgan fingerprint density at radius 3 is 1.97 bits per heavy atom. The van der Waals surface area contributed by atoms with Crippen LogP contribution in [0.15, 0.2) is 12.1 Å². The predicted molar refractivity (Wildman–Crippen MR) is 143 cm³/mol. The first-order chi connectivity index (χ1) is 17.1. The molecule has 0 amide bonds. The molecule has 1 N–H and O–H groups in total. The lowest BCUT2D eigenvalue weighted by atomic mass is 9.73. The van der Waals surface area contributed by atoms with E-state index in [1.807, 2.05) is 41.5 Å². The van der Waals surface area contributed by atoms with Crippen LogP contribution in [0.1, 0.15) is 124 Å². The number of benzene rings is 1. The lowest BCUT2D eigenvalue weighted by molar-refractivity contribution is -0.224. The van der Waals surface area contributed by atoms with Crippen molar-refractivity contribution in [3.63, 3.8) is 0 Å². The van der Waals surface area contributed by atoms with Gasteiger partial charge in [-0.05, 0) is 80.2 Å². The molecule has 1 aromatic carbocycles. The fourth-order valence-corrected chi connectivity index (χ4v) is 5.96. The zero-order chi connectivity index (χ0) is 27.6. The minimum absolute atomic E-state index is 0.0191. The lowest BCUT2D eigenvalue weighted by Gasteiger charge is -2.38. The molecule has 2 aliphatic rings. The number of phenolic OH excluding ortho intramolecular Hbond substituents is 1. The van der Waals surface area contributed by atoms with Crippen LogP contribution in [-0.4, -0.2) is 23.3 Å². The first-order valence-electron chi connectivity index (χ1n) is 14.3. The quantitative estimate of drug-likeness (QED) is 0.274. The Morgan fingerprint density at radius 1 is 0.919 bits per heavy atom. The molecule has 2 fully saturated rings. The summed E-state index contributed by atoms with van der Waals surface area (Å²) in [6.07, 6.45) is 4.47. The summed E-state index contributed by atoms with van der Waals surface area (Å²) in [5.74, 6) is -0.876. The van der Waals surface area contributed by atoms with E-state index < -0.39 is 22.9 Å². The van der Waals surface area contributed by atoms with Crippen molar-refractivity contribution in [2.75, 3.05) is 0 Å². The van der Waals surface area contributed by atoms with Crippen LogP contribution in [0.5, 0.6) is 11.5 Å². The van der Waals surface area contributed by atoms with Gasteiger partial charge in [-0.2, -0.15) is 8.78 Å². The number of carbonyl (C=O) groups excluding carboxylic acids is 1. The van der Waals surface area contributed by atoms with E-state index in [4.69, 9.17) is 9.47 Å². The Bertz CT molecular complexity index is 885. The molecule has 0 aromatic heterocycles. The monoisotopic (exact) mass is 522 g/mol. The van der Waals surface area contributed by atoms with Gasteiger partial charge in [-0.25, -0.2) is 0 Å². The molecule has 1 aliphatic heterocycles. The van der Waals surface area contributed by atoms with E-state index in [-0.39, 0.29) is 35.4 Å². The third kappa shape index (κ3) is 7.38. The second-order valence-corrected chi connectivity index (χ2v) is 13.4. The highest BCUT2D eigenvalue weighted by atomic mass is 19.3. The van der Waals surface area contributed by atoms with Crippen molar-refractivity contribution in [3.8, 4) is 11.5 Å². The van der Waals surface area contributed by atoms with Gasteiger partial charge in [-0.15, -0.1) is 0 Å². The van der Waals surface area contributed by atoms with Crippen LogP contribution in [-0.2, 0) is 20.4 Å². The maximum Gasteiger partial charge on any atom is 0.400 e. The van der Waals surface area contributed by atoms with Crippen molar-refractivity contribution >= 4 is 5.97 Å². The fourth-order valence-electron chi connectivity index (χ4n) is 5.96. The Morgan fingerprint density at radius 2 is 1.49 bits per heavy atom. The molecule has 37 heavy (non-hydrogen) atoms. The van der Waals surface area contributed by atoms with Crippen molar-refractivity contribution in [1.29, 1.82) is 0 Å². The molecule has 0 radical (unpaired) electrons. The average molecular weight is 523 g/mol. The number of alkyl halides is 2. The minimum atomic E-state index is -3.33. The fraction of sp³-hybridized carbons (Fsp3) is 0.774. The summed E-state index contributed by atoms with van der Waals surface area (Å²) in [6.45, 7) is 13.8. The topological polar surface area (TPSA) is 55.8 Å². The molecule has 1 aromatic rings. The first-order valence-corrected chi connectivity index (χ1v) is 14.3. The molecule has 0 bridgehead atoms. The number of aromatic hydroxyl groups is 1. The van der Waals surface area contributed by atoms with Crippen molar-refractivity contribution in [3.05, 3.63) is 23.3 Å². The number of hydrogen-bond donors (Lipinski definition) is 1. The van der Waals surface area contributed by atoms with Crippen molar-refractivity contribution in [1.82, 2.24) is 0 Å². The van der Waals surface area contributed by atoms with E-state index in [0.29, 0.717) is 36.8 Å². The molecular formula is C31H48F2O4. The van der Waals surface area contributed by atoms with Gasteiger partial charge < -0.3 is 14.6 Å². The first kappa shape index (κ1) is 29.7. The molecule has 0 spiro atoms. The molecule has 2 unspecified atom stereocenters. The number of halogens is 2. The van der Waals surface area contributed by atoms with Gasteiger partial charge in [0.1, 0.15) is 17.6 Å². The molecule has 3 rings (SSSR count). The zero-order valence-corrected chi connectivity index (χ0v) is 24.0. The SMILES string of the molecule is CCCCCC1CCC(C2CCC(C(F)(F)Oc3cc(C(C)(C)C)c(O)c(C(C)(C)C)c3)CC2)C(=O)O1. The standard InChI is InChI=1S/C31H48F2O4/c1-8-9-10-11-22-16-17-24(28(35)36-22)20-12-14-21(15-13-20)31(32,33)37-23-18-25(29(2,3)4)27(34)26(19-23)30(5,6)7/h18-22,24,34H,8-17H2,1-7H3. The molecule has 6 heteroatoms. The molecule has 1 saturated heterocycles. The number of ether oxygens (including phenoxy) is 2. The van der Waals surface area contributed by atoms with Gasteiger partial charge in [0.25, 0.3) is 0 Å². The zero-order valence-electron chi connectivity index (χ0n) is 24.0. The van der Waals surface area contributed by atoms with Crippen molar-refractivity contribution < 1.29 is 28.2 Å². The summed E-state index contributed by atoms with van der Waals surface area (Å²) < 4.78 is 42.0. The third-order valence-electron chi connectivity index (χ3n) is 8.28. The molecule has 4 nitrogen and oxygen atoms in total. The van der Waals surface area contributed by atoms with Gasteiger partial charge >= 0.3 is 12.1 Å². The van der Waals surface area contributed by atoms with Crippen LogP contribution in [0.25, 0.3) is 0 Å². The van der Waals surface area contributed by atoms with Crippen molar-refractivity contribution in [2.24, 2.45) is 17.8 Å². The second kappa shape index (κ2) is 11.5. The molecular weight excluding hydrogens is 474 g/mol. The van der Waals surface area contributed by atoms with E-state index in [0.717, 1.165) is 38.5 Å². The highest BCUT2D eigenvalue weighted by Crippen LogP contribution is 2.46. The van der Waals surface area contributed by atoms with Gasteiger partial charge in [-0.1, -0.05) is 61.3 Å². The Kier molecular flexibility index (Phi) is 9.22. The number of phenols is 1. The van der Waals surface area contributed by atoms with Gasteiger partial charge in [0.15, 0.2) is 0 Å². The smallest absolute Gasteiger partial charge is 0.400 e. The van der Waals surface area contributed by atoms with E-state index in [1.54, 1.807) is 12.1 Å². The molecule has 1 heterocycles. The largest absolute Gasteiger partial charge is 0.507 e. The number of cyclic esters (lactones) is 1. The predicted octanol–water partition coefficient (Wildman–Crippen LogP) is 8.67. The average Bonchev–Trinajstić information content (AvgIpc) is 2.79. The number of carbonyl (C=O) groups is 1. The summed E-state index contributed by atoms with van der Waals surface area (Å²) in [6, 6.07) is 3.11. The van der Waals surface area contributed by atoms with Gasteiger partial charge in [-0.3, -0.25) is 4.79 Å². The van der Waals surface area contributed by atoms with Crippen LogP contribution < -0.4 is 4.74 Å². The molecule has 1 aliphatic carbocycles. The maximum absolute atomic E-state index is 15.4. The summed E-state index contributed by atoms with van der Waals surface area (Å²) in [5.41, 5.74) is 0.331. The Hall–Kier alpha value is -1.85. The van der Waals surface area contributed by atoms with Crippen LogP contribution in [0.3, 0.4) is 0 Å². The highest BCUT2D eigenvalue weighted by Gasteiger charge is 2.47. The number of hydrogen-bond acceptors (Lipinski definition) is 4. The molecule has 1 saturated carbocycles. The summed E-state index contributed by atoms with van der Waals surface area (Å²) >= 11 is 0. The molecule has 210 valence electrons. The number of unbranched alkanes of at least 4 members (excludes halogenated alkanes) is 2.